The summed E-state index contributed by atoms with van der Waals surface area (Å²) in [5.74, 6) is 0.562. The quantitative estimate of drug-likeness (QED) is 0.162. The average molecular weight is 717 g/mol. The van der Waals surface area contributed by atoms with E-state index in [1.165, 1.54) is 22.4 Å². The zero-order chi connectivity index (χ0) is 37.1. The van der Waals surface area contributed by atoms with Crippen LogP contribution in [0.2, 0.25) is 0 Å². The van der Waals surface area contributed by atoms with Gasteiger partial charge in [0.1, 0.15) is 5.82 Å². The summed E-state index contributed by atoms with van der Waals surface area (Å²) in [6.07, 6.45) is -4.49. The molecule has 0 saturated carbocycles. The molecular weight excluding hydrogens is 686 g/mol. The van der Waals surface area contributed by atoms with E-state index in [4.69, 9.17) is 4.98 Å². The maximum atomic E-state index is 13.9. The lowest BCUT2D eigenvalue weighted by Gasteiger charge is -2.19. The van der Waals surface area contributed by atoms with E-state index < -0.39 is 11.7 Å². The summed E-state index contributed by atoms with van der Waals surface area (Å²) in [5, 5.41) is 6.89. The first-order valence-corrected chi connectivity index (χ1v) is 18.2. The third kappa shape index (κ3) is 5.64. The highest BCUT2D eigenvalue weighted by molar-refractivity contribution is 6.21. The zero-order valence-corrected chi connectivity index (χ0v) is 29.4. The minimum absolute atomic E-state index is 0.276. The van der Waals surface area contributed by atoms with Gasteiger partial charge in [0.15, 0.2) is 0 Å². The van der Waals surface area contributed by atoms with Crippen LogP contribution in [0, 0.1) is 0 Å². The predicted molar refractivity (Wildman–Crippen MR) is 220 cm³/mol. The maximum absolute atomic E-state index is 13.9. The first kappa shape index (κ1) is 32.7. The molecule has 5 heteroatoms. The molecule has 10 rings (SSSR count). The predicted octanol–water partition coefficient (Wildman–Crippen LogP) is 14.2. The van der Waals surface area contributed by atoms with Crippen molar-refractivity contribution in [3.63, 3.8) is 0 Å². The van der Waals surface area contributed by atoms with E-state index in [2.05, 4.69) is 115 Å². The van der Waals surface area contributed by atoms with Crippen LogP contribution in [0.5, 0.6) is 0 Å². The molecule has 0 aliphatic heterocycles. The molecule has 1 heterocycles. The van der Waals surface area contributed by atoms with Crippen molar-refractivity contribution in [2.75, 3.05) is 0 Å². The molecule has 0 unspecified atom stereocenters. The largest absolute Gasteiger partial charge is 0.416 e. The number of hydrogen-bond acceptors (Lipinski definition) is 1. The highest BCUT2D eigenvalue weighted by Crippen LogP contribution is 2.45. The number of alkyl halides is 3. The highest BCUT2D eigenvalue weighted by Gasteiger charge is 2.31. The summed E-state index contributed by atoms with van der Waals surface area (Å²) < 4.78 is 43.8. The number of fused-ring (bicyclic) bond motifs is 4. The van der Waals surface area contributed by atoms with Crippen LogP contribution in [0.1, 0.15) is 5.56 Å². The molecule has 0 aliphatic carbocycles. The summed E-state index contributed by atoms with van der Waals surface area (Å²) >= 11 is 0. The first-order chi connectivity index (χ1) is 26.9. The summed E-state index contributed by atoms with van der Waals surface area (Å²) in [6.45, 7) is 0. The minimum Gasteiger partial charge on any atom is -0.292 e. The molecule has 0 bridgehead atoms. The number of benzene rings is 9. The molecule has 0 aliphatic rings. The lowest BCUT2D eigenvalue weighted by molar-refractivity contribution is -0.137. The Hall–Kier alpha value is -6.98. The van der Waals surface area contributed by atoms with Crippen molar-refractivity contribution in [2.45, 2.75) is 6.18 Å². The van der Waals surface area contributed by atoms with Crippen LogP contribution in [-0.2, 0) is 6.18 Å². The number of halogens is 3. The van der Waals surface area contributed by atoms with Crippen molar-refractivity contribution in [3.8, 4) is 50.5 Å². The monoisotopic (exact) mass is 716 g/mol. The molecule has 1 aromatic heterocycles. The number of aromatic nitrogens is 2. The Morgan fingerprint density at radius 2 is 0.927 bits per heavy atom. The second-order valence-corrected chi connectivity index (χ2v) is 13.9. The van der Waals surface area contributed by atoms with E-state index in [0.717, 1.165) is 72.7 Å². The van der Waals surface area contributed by atoms with Gasteiger partial charge in [-0.2, -0.15) is 13.2 Å². The molecule has 0 fully saturated rings. The van der Waals surface area contributed by atoms with Crippen LogP contribution < -0.4 is 0 Å². The SMILES string of the molecule is FC(F)(F)c1ccc2c(c1)nc(-c1ccc(-c3ccccc3)cc1)n2-c1cccc(-c2c3ccccc3c(-c3ccc4ccccc4c3)c3ccccc23)c1. The van der Waals surface area contributed by atoms with E-state index in [0.29, 0.717) is 11.3 Å². The molecule has 262 valence electrons. The lowest BCUT2D eigenvalue weighted by Crippen LogP contribution is -2.04. The van der Waals surface area contributed by atoms with E-state index in [9.17, 15) is 13.2 Å². The standard InChI is InChI=1S/C50H31F3N2/c51-50(52,53)39-27-28-46-45(31-39)54-49(35-24-21-34(22-25-35)32-11-2-1-3-12-32)55(46)40-16-10-15-37(30-40)47-41-17-6-8-19-43(41)48(44-20-9-7-18-42(44)47)38-26-23-33-13-4-5-14-36(33)29-38/h1-31H. The van der Waals surface area contributed by atoms with Gasteiger partial charge in [-0.05, 0) is 102 Å². The van der Waals surface area contributed by atoms with Gasteiger partial charge in [0.25, 0.3) is 0 Å². The van der Waals surface area contributed by atoms with Gasteiger partial charge in [0.05, 0.1) is 16.6 Å². The molecule has 0 atom stereocenters. The van der Waals surface area contributed by atoms with Gasteiger partial charge in [-0.3, -0.25) is 4.57 Å². The van der Waals surface area contributed by atoms with Gasteiger partial charge in [-0.25, -0.2) is 4.98 Å². The molecular formula is C50H31F3N2. The summed E-state index contributed by atoms with van der Waals surface area (Å²) in [6, 6.07) is 62.3. The second-order valence-electron chi connectivity index (χ2n) is 13.9. The molecule has 55 heavy (non-hydrogen) atoms. The van der Waals surface area contributed by atoms with Crippen molar-refractivity contribution in [2.24, 2.45) is 0 Å². The third-order valence-electron chi connectivity index (χ3n) is 10.6. The fraction of sp³-hybridized carbons (Fsp3) is 0.0200. The maximum Gasteiger partial charge on any atom is 0.416 e. The minimum atomic E-state index is -4.49. The smallest absolute Gasteiger partial charge is 0.292 e. The van der Waals surface area contributed by atoms with Crippen LogP contribution in [-0.4, -0.2) is 9.55 Å². The van der Waals surface area contributed by atoms with Crippen LogP contribution >= 0.6 is 0 Å². The Kier molecular flexibility index (Phi) is 7.63. The first-order valence-electron chi connectivity index (χ1n) is 18.2. The lowest BCUT2D eigenvalue weighted by atomic mass is 9.85. The molecule has 0 radical (unpaired) electrons. The molecule has 0 N–H and O–H groups in total. The number of hydrogen-bond donors (Lipinski definition) is 0. The number of imidazole rings is 1. The average Bonchev–Trinajstić information content (AvgIpc) is 3.62. The Labute approximate surface area is 315 Å². The molecule has 10 aromatic rings. The fourth-order valence-electron chi connectivity index (χ4n) is 8.05. The van der Waals surface area contributed by atoms with Crippen molar-refractivity contribution in [3.05, 3.63) is 194 Å². The molecule has 0 spiro atoms. The normalized spacial score (nSPS) is 11.9. The van der Waals surface area contributed by atoms with E-state index in [1.54, 1.807) is 0 Å². The van der Waals surface area contributed by atoms with Crippen molar-refractivity contribution in [1.82, 2.24) is 9.55 Å². The summed E-state index contributed by atoms with van der Waals surface area (Å²) in [4.78, 5) is 4.87. The van der Waals surface area contributed by atoms with Crippen LogP contribution in [0.15, 0.2) is 188 Å². The van der Waals surface area contributed by atoms with Gasteiger partial charge in [-0.1, -0.05) is 152 Å². The topological polar surface area (TPSA) is 17.8 Å². The Bertz CT molecular complexity index is 3010. The van der Waals surface area contributed by atoms with Gasteiger partial charge in [0.2, 0.25) is 0 Å². The van der Waals surface area contributed by atoms with E-state index in [-0.39, 0.29) is 5.52 Å². The Morgan fingerprint density at radius 3 is 1.58 bits per heavy atom. The van der Waals surface area contributed by atoms with E-state index in [1.807, 2.05) is 59.2 Å². The van der Waals surface area contributed by atoms with Crippen LogP contribution in [0.4, 0.5) is 13.2 Å². The molecule has 0 amide bonds. The van der Waals surface area contributed by atoms with Crippen LogP contribution in [0.25, 0.3) is 93.8 Å². The Balaban J connectivity index is 1.19. The van der Waals surface area contributed by atoms with Gasteiger partial charge in [0, 0.05) is 11.3 Å². The van der Waals surface area contributed by atoms with Crippen molar-refractivity contribution >= 4 is 43.4 Å². The fourth-order valence-corrected chi connectivity index (χ4v) is 8.05. The van der Waals surface area contributed by atoms with Gasteiger partial charge < -0.3 is 0 Å². The third-order valence-corrected chi connectivity index (χ3v) is 10.6. The van der Waals surface area contributed by atoms with Crippen molar-refractivity contribution < 1.29 is 13.2 Å². The molecule has 9 aromatic carbocycles. The molecule has 2 nitrogen and oxygen atoms in total. The molecule has 0 saturated heterocycles. The van der Waals surface area contributed by atoms with Crippen molar-refractivity contribution in [1.29, 1.82) is 0 Å². The Morgan fingerprint density at radius 1 is 0.400 bits per heavy atom. The van der Waals surface area contributed by atoms with Crippen LogP contribution in [0.3, 0.4) is 0 Å². The summed E-state index contributed by atoms with van der Waals surface area (Å²) in [7, 11) is 0. The van der Waals surface area contributed by atoms with Gasteiger partial charge >= 0.3 is 6.18 Å². The highest BCUT2D eigenvalue weighted by atomic mass is 19.4. The zero-order valence-electron chi connectivity index (χ0n) is 29.4. The number of nitrogens with zero attached hydrogens (tertiary/aromatic N) is 2. The van der Waals surface area contributed by atoms with E-state index >= 15 is 0 Å². The second kappa shape index (κ2) is 12.9. The number of rotatable bonds is 5. The summed E-state index contributed by atoms with van der Waals surface area (Å²) in [5.41, 5.74) is 8.27. The van der Waals surface area contributed by atoms with Gasteiger partial charge in [-0.15, -0.1) is 0 Å².